The van der Waals surface area contributed by atoms with Gasteiger partial charge in [-0.2, -0.15) is 5.10 Å². The smallest absolute Gasteiger partial charge is 0.271 e. The number of aromatic nitrogens is 1. The number of carbonyl (C=O) groups is 1. The highest BCUT2D eigenvalue weighted by atomic mass is 16.3. The molecule has 0 aliphatic rings. The molecule has 5 heteroatoms. The third-order valence-electron chi connectivity index (χ3n) is 3.38. The Kier molecular flexibility index (Phi) is 4.62. The lowest BCUT2D eigenvalue weighted by molar-refractivity contribution is 0.0955. The highest BCUT2D eigenvalue weighted by molar-refractivity contribution is 6.13. The summed E-state index contributed by atoms with van der Waals surface area (Å²) in [5.41, 5.74) is 5.26. The average molecular weight is 317 g/mol. The van der Waals surface area contributed by atoms with Crippen LogP contribution < -0.4 is 5.43 Å². The summed E-state index contributed by atoms with van der Waals surface area (Å²) in [7, 11) is 0. The summed E-state index contributed by atoms with van der Waals surface area (Å²) in [6.45, 7) is 0. The Labute approximate surface area is 139 Å². The van der Waals surface area contributed by atoms with Crippen LogP contribution in [0, 0.1) is 0 Å². The van der Waals surface area contributed by atoms with Gasteiger partial charge in [-0.1, -0.05) is 30.3 Å². The number of benzene rings is 2. The first-order valence-corrected chi connectivity index (χ1v) is 7.37. The van der Waals surface area contributed by atoms with E-state index in [1.807, 2.05) is 42.5 Å². The van der Waals surface area contributed by atoms with E-state index in [1.165, 1.54) is 24.3 Å². The molecule has 2 aromatic carbocycles. The van der Waals surface area contributed by atoms with Crippen molar-refractivity contribution in [3.63, 3.8) is 0 Å². The van der Waals surface area contributed by atoms with E-state index < -0.39 is 0 Å². The molecule has 0 radical (unpaired) electrons. The first-order valence-electron chi connectivity index (χ1n) is 7.37. The van der Waals surface area contributed by atoms with Crippen LogP contribution in [0.4, 0.5) is 0 Å². The Morgan fingerprint density at radius 1 is 0.875 bits per heavy atom. The largest absolute Gasteiger partial charge is 0.508 e. The number of nitrogens with one attached hydrogen (secondary N) is 1. The van der Waals surface area contributed by atoms with E-state index in [2.05, 4.69) is 15.5 Å². The number of hydrogen-bond donors (Lipinski definition) is 2. The van der Waals surface area contributed by atoms with Crippen molar-refractivity contribution in [3.05, 3.63) is 95.8 Å². The number of pyridine rings is 1. The quantitative estimate of drug-likeness (QED) is 0.574. The average Bonchev–Trinajstić information content (AvgIpc) is 2.64. The van der Waals surface area contributed by atoms with Crippen molar-refractivity contribution in [2.24, 2.45) is 5.10 Å². The number of hydrazone groups is 1. The van der Waals surface area contributed by atoms with E-state index in [4.69, 9.17) is 0 Å². The van der Waals surface area contributed by atoms with E-state index in [9.17, 15) is 9.90 Å². The van der Waals surface area contributed by atoms with Crippen molar-refractivity contribution in [1.29, 1.82) is 0 Å². The summed E-state index contributed by atoms with van der Waals surface area (Å²) in [5.74, 6) is -0.247. The van der Waals surface area contributed by atoms with Crippen molar-refractivity contribution >= 4 is 11.6 Å². The molecular formula is C19H15N3O2. The number of hydrogen-bond acceptors (Lipinski definition) is 4. The number of phenolic OH excluding ortho intramolecular Hbond substituents is 1. The predicted octanol–water partition coefficient (Wildman–Crippen LogP) is 2.97. The fourth-order valence-electron chi connectivity index (χ4n) is 2.18. The maximum absolute atomic E-state index is 12.2. The maximum atomic E-state index is 12.2. The molecule has 3 aromatic rings. The van der Waals surface area contributed by atoms with E-state index in [1.54, 1.807) is 12.4 Å². The lowest BCUT2D eigenvalue weighted by Crippen LogP contribution is -2.20. The van der Waals surface area contributed by atoms with Gasteiger partial charge in [0.05, 0.1) is 5.71 Å². The lowest BCUT2D eigenvalue weighted by Gasteiger charge is -2.07. The molecule has 3 rings (SSSR count). The number of aromatic hydroxyl groups is 1. The van der Waals surface area contributed by atoms with Gasteiger partial charge in [0, 0.05) is 29.1 Å². The molecule has 5 nitrogen and oxygen atoms in total. The fourth-order valence-corrected chi connectivity index (χ4v) is 2.18. The van der Waals surface area contributed by atoms with E-state index in [-0.39, 0.29) is 11.7 Å². The summed E-state index contributed by atoms with van der Waals surface area (Å²) >= 11 is 0. The Balaban J connectivity index is 1.90. The maximum Gasteiger partial charge on any atom is 0.271 e. The van der Waals surface area contributed by atoms with Crippen molar-refractivity contribution in [2.45, 2.75) is 0 Å². The van der Waals surface area contributed by atoms with Gasteiger partial charge in [-0.25, -0.2) is 5.43 Å². The molecular weight excluding hydrogens is 302 g/mol. The summed E-state index contributed by atoms with van der Waals surface area (Å²) < 4.78 is 0. The minimum absolute atomic E-state index is 0.107. The Morgan fingerprint density at radius 3 is 2.25 bits per heavy atom. The monoisotopic (exact) mass is 317 g/mol. The summed E-state index contributed by atoms with van der Waals surface area (Å²) in [5, 5.41) is 13.6. The predicted molar refractivity (Wildman–Crippen MR) is 91.9 cm³/mol. The van der Waals surface area contributed by atoms with Crippen LogP contribution in [-0.4, -0.2) is 21.7 Å². The zero-order valence-corrected chi connectivity index (χ0v) is 12.8. The lowest BCUT2D eigenvalue weighted by atomic mass is 10.0. The summed E-state index contributed by atoms with van der Waals surface area (Å²) in [4.78, 5) is 16.3. The molecule has 0 saturated carbocycles. The third kappa shape index (κ3) is 3.64. The fraction of sp³-hybridized carbons (Fsp3) is 0. The number of nitrogens with zero attached hydrogens (tertiary/aromatic N) is 2. The van der Waals surface area contributed by atoms with Gasteiger partial charge in [0.15, 0.2) is 0 Å². The van der Waals surface area contributed by atoms with Crippen LogP contribution >= 0.6 is 0 Å². The minimum Gasteiger partial charge on any atom is -0.508 e. The number of amides is 1. The van der Waals surface area contributed by atoms with E-state index >= 15 is 0 Å². The number of rotatable bonds is 4. The number of carbonyl (C=O) groups excluding carboxylic acids is 1. The van der Waals surface area contributed by atoms with Crippen molar-refractivity contribution < 1.29 is 9.90 Å². The molecule has 0 atom stereocenters. The highest BCUT2D eigenvalue weighted by Gasteiger charge is 2.09. The van der Waals surface area contributed by atoms with Gasteiger partial charge < -0.3 is 5.11 Å². The molecule has 118 valence electrons. The van der Waals surface area contributed by atoms with Crippen LogP contribution in [0.1, 0.15) is 21.5 Å². The van der Waals surface area contributed by atoms with Crippen LogP contribution in [-0.2, 0) is 0 Å². The Morgan fingerprint density at radius 2 is 1.58 bits per heavy atom. The zero-order valence-electron chi connectivity index (χ0n) is 12.8. The molecule has 0 spiro atoms. The van der Waals surface area contributed by atoms with Crippen LogP contribution in [0.25, 0.3) is 0 Å². The SMILES string of the molecule is O=C(N/N=C(/c1ccccc1)c1cccnc1)c1ccc(O)cc1. The normalized spacial score (nSPS) is 11.1. The van der Waals surface area contributed by atoms with Crippen molar-refractivity contribution in [2.75, 3.05) is 0 Å². The van der Waals surface area contributed by atoms with Gasteiger partial charge in [0.2, 0.25) is 0 Å². The molecule has 24 heavy (non-hydrogen) atoms. The Bertz CT molecular complexity index is 803. The second-order valence-corrected chi connectivity index (χ2v) is 5.06. The van der Waals surface area contributed by atoms with Gasteiger partial charge >= 0.3 is 0 Å². The first-order chi connectivity index (χ1) is 11.7. The van der Waals surface area contributed by atoms with E-state index in [0.717, 1.165) is 11.1 Å². The second kappa shape index (κ2) is 7.19. The van der Waals surface area contributed by atoms with E-state index in [0.29, 0.717) is 11.3 Å². The third-order valence-corrected chi connectivity index (χ3v) is 3.38. The highest BCUT2D eigenvalue weighted by Crippen LogP contribution is 2.11. The zero-order chi connectivity index (χ0) is 16.8. The Hall–Kier alpha value is -3.47. The summed E-state index contributed by atoms with van der Waals surface area (Å²) in [6, 6.07) is 19.2. The molecule has 0 saturated heterocycles. The molecule has 0 unspecified atom stereocenters. The van der Waals surface area contributed by atoms with Crippen LogP contribution in [0.15, 0.2) is 84.2 Å². The molecule has 1 heterocycles. The van der Waals surface area contributed by atoms with Gasteiger partial charge in [0.1, 0.15) is 5.75 Å². The van der Waals surface area contributed by atoms with Gasteiger partial charge in [0.25, 0.3) is 5.91 Å². The molecule has 2 N–H and O–H groups in total. The second-order valence-electron chi connectivity index (χ2n) is 5.06. The van der Waals surface area contributed by atoms with Crippen LogP contribution in [0.3, 0.4) is 0 Å². The van der Waals surface area contributed by atoms with Crippen molar-refractivity contribution in [3.8, 4) is 5.75 Å². The van der Waals surface area contributed by atoms with Crippen LogP contribution in [0.2, 0.25) is 0 Å². The van der Waals surface area contributed by atoms with Gasteiger partial charge in [-0.05, 0) is 36.4 Å². The first kappa shape index (κ1) is 15.4. The molecule has 0 bridgehead atoms. The molecule has 0 aliphatic carbocycles. The van der Waals surface area contributed by atoms with Gasteiger partial charge in [-0.15, -0.1) is 0 Å². The minimum atomic E-state index is -0.354. The van der Waals surface area contributed by atoms with Gasteiger partial charge in [-0.3, -0.25) is 9.78 Å². The molecule has 1 amide bonds. The number of phenols is 1. The molecule has 0 aliphatic heterocycles. The summed E-state index contributed by atoms with van der Waals surface area (Å²) in [6.07, 6.45) is 3.37. The molecule has 1 aromatic heterocycles. The molecule has 0 fully saturated rings. The topological polar surface area (TPSA) is 74.6 Å². The van der Waals surface area contributed by atoms with Crippen molar-refractivity contribution in [1.82, 2.24) is 10.4 Å². The standard InChI is InChI=1S/C19H15N3O2/c23-17-10-8-15(9-11-17)19(24)22-21-18(14-5-2-1-3-6-14)16-7-4-12-20-13-16/h1-13,23H,(H,22,24)/b21-18-. The van der Waals surface area contributed by atoms with Crippen LogP contribution in [0.5, 0.6) is 5.75 Å².